The Morgan fingerprint density at radius 2 is 1.86 bits per heavy atom. The highest BCUT2D eigenvalue weighted by Crippen LogP contribution is 2.35. The molecule has 1 aliphatic heterocycles. The van der Waals surface area contributed by atoms with Crippen molar-refractivity contribution in [3.63, 3.8) is 0 Å². The lowest BCUT2D eigenvalue weighted by molar-refractivity contribution is -0.384. The molecule has 8 heteroatoms. The van der Waals surface area contributed by atoms with Gasteiger partial charge in [0.15, 0.2) is 0 Å². The minimum Gasteiger partial charge on any atom is -0.493 e. The summed E-state index contributed by atoms with van der Waals surface area (Å²) in [5.74, 6) is 0.269. The predicted molar refractivity (Wildman–Crippen MR) is 107 cm³/mol. The molecule has 0 N–H and O–H groups in total. The van der Waals surface area contributed by atoms with Crippen LogP contribution < -0.4 is 4.74 Å². The van der Waals surface area contributed by atoms with Crippen LogP contribution in [0, 0.1) is 10.1 Å². The number of nitrogens with zero attached hydrogens (tertiary/aromatic N) is 2. The average molecular weight is 398 g/mol. The Morgan fingerprint density at radius 3 is 2.54 bits per heavy atom. The van der Waals surface area contributed by atoms with E-state index in [1.165, 1.54) is 12.1 Å². The van der Waals surface area contributed by atoms with Crippen molar-refractivity contribution < 1.29 is 19.2 Å². The van der Waals surface area contributed by atoms with Crippen LogP contribution >= 0.6 is 11.8 Å². The molecule has 28 heavy (non-hydrogen) atoms. The van der Waals surface area contributed by atoms with Crippen molar-refractivity contribution in [1.82, 2.24) is 4.90 Å². The number of nitro groups is 1. The molecule has 0 radical (unpaired) electrons. The zero-order chi connectivity index (χ0) is 20.1. The molecule has 2 aromatic rings. The van der Waals surface area contributed by atoms with Gasteiger partial charge in [0.25, 0.3) is 16.8 Å². The summed E-state index contributed by atoms with van der Waals surface area (Å²) in [5, 5.41) is 10.4. The highest BCUT2D eigenvalue weighted by Gasteiger charge is 2.35. The summed E-state index contributed by atoms with van der Waals surface area (Å²) in [5.41, 5.74) is 1.33. The van der Waals surface area contributed by atoms with Crippen LogP contribution in [0.1, 0.15) is 24.5 Å². The van der Waals surface area contributed by atoms with E-state index in [1.54, 1.807) is 18.2 Å². The molecule has 144 valence electrons. The lowest BCUT2D eigenvalue weighted by Crippen LogP contribution is -2.27. The number of imide groups is 1. The maximum absolute atomic E-state index is 12.7. The maximum Gasteiger partial charge on any atom is 0.293 e. The Kier molecular flexibility index (Phi) is 6.10. The molecule has 0 atom stereocenters. The second-order valence-electron chi connectivity index (χ2n) is 6.08. The van der Waals surface area contributed by atoms with Gasteiger partial charge in [-0.3, -0.25) is 24.6 Å². The topological polar surface area (TPSA) is 89.8 Å². The molecule has 1 aliphatic rings. The van der Waals surface area contributed by atoms with Gasteiger partial charge in [-0.1, -0.05) is 37.3 Å². The highest BCUT2D eigenvalue weighted by atomic mass is 32.2. The van der Waals surface area contributed by atoms with Crippen molar-refractivity contribution >= 4 is 34.7 Å². The molecule has 0 aliphatic carbocycles. The first-order valence-corrected chi connectivity index (χ1v) is 9.51. The van der Waals surface area contributed by atoms with Gasteiger partial charge in [-0.2, -0.15) is 0 Å². The van der Waals surface area contributed by atoms with E-state index in [1.807, 2.05) is 31.2 Å². The lowest BCUT2D eigenvalue weighted by atomic mass is 10.1. The summed E-state index contributed by atoms with van der Waals surface area (Å²) in [6, 6.07) is 13.1. The smallest absolute Gasteiger partial charge is 0.293 e. The van der Waals surface area contributed by atoms with Crippen LogP contribution in [0.25, 0.3) is 6.08 Å². The highest BCUT2D eigenvalue weighted by molar-refractivity contribution is 8.18. The largest absolute Gasteiger partial charge is 0.493 e. The first-order chi connectivity index (χ1) is 13.5. The Bertz CT molecular complexity index is 940. The number of non-ortho nitro benzene ring substituents is 1. The van der Waals surface area contributed by atoms with Gasteiger partial charge in [0.1, 0.15) is 5.75 Å². The molecule has 3 rings (SSSR count). The number of hydrogen-bond donors (Lipinski definition) is 0. The van der Waals surface area contributed by atoms with Gasteiger partial charge in [-0.15, -0.1) is 0 Å². The Hall–Kier alpha value is -3.13. The molecule has 0 saturated carbocycles. The second-order valence-corrected chi connectivity index (χ2v) is 7.07. The number of thioether (sulfide) groups is 1. The molecular weight excluding hydrogens is 380 g/mol. The van der Waals surface area contributed by atoms with E-state index in [9.17, 15) is 19.7 Å². The number of ether oxygens (including phenoxy) is 1. The number of nitro benzene ring substituents is 1. The molecule has 1 heterocycles. The molecule has 1 fully saturated rings. The molecular formula is C20H18N2O5S. The van der Waals surface area contributed by atoms with Gasteiger partial charge in [-0.25, -0.2) is 0 Å². The van der Waals surface area contributed by atoms with Crippen molar-refractivity contribution in [3.8, 4) is 5.75 Å². The molecule has 0 spiro atoms. The van der Waals surface area contributed by atoms with Crippen molar-refractivity contribution in [2.75, 3.05) is 6.61 Å². The van der Waals surface area contributed by atoms with Gasteiger partial charge in [0, 0.05) is 17.7 Å². The van der Waals surface area contributed by atoms with E-state index in [4.69, 9.17) is 4.74 Å². The van der Waals surface area contributed by atoms with E-state index >= 15 is 0 Å². The third kappa shape index (κ3) is 4.40. The van der Waals surface area contributed by atoms with Crippen LogP contribution in [0.15, 0.2) is 53.4 Å². The van der Waals surface area contributed by atoms with Crippen LogP contribution in [0.4, 0.5) is 10.5 Å². The maximum atomic E-state index is 12.7. The number of para-hydroxylation sites is 1. The zero-order valence-corrected chi connectivity index (χ0v) is 16.0. The minimum absolute atomic E-state index is 0.0403. The standard InChI is InChI=1S/C20H18N2O5S/c1-2-11-27-17-6-4-3-5-15(17)12-18-19(23)21(20(24)28-18)13-14-7-9-16(10-8-14)22(25)26/h3-10,12H,2,11,13H2,1H3/b18-12-. The fraction of sp³-hybridized carbons (Fsp3) is 0.200. The molecule has 0 bridgehead atoms. The normalized spacial score (nSPS) is 15.3. The first kappa shape index (κ1) is 19.6. The van der Waals surface area contributed by atoms with Crippen molar-refractivity contribution in [2.45, 2.75) is 19.9 Å². The van der Waals surface area contributed by atoms with Crippen LogP contribution in [0.5, 0.6) is 5.75 Å². The van der Waals surface area contributed by atoms with Gasteiger partial charge in [-0.05, 0) is 35.9 Å². The Morgan fingerprint density at radius 1 is 1.14 bits per heavy atom. The summed E-state index contributed by atoms with van der Waals surface area (Å²) in [4.78, 5) is 36.7. The molecule has 7 nitrogen and oxygen atoms in total. The van der Waals surface area contributed by atoms with Crippen molar-refractivity contribution in [2.24, 2.45) is 0 Å². The molecule has 0 aromatic heterocycles. The summed E-state index contributed by atoms with van der Waals surface area (Å²) in [6.45, 7) is 2.63. The quantitative estimate of drug-likeness (QED) is 0.384. The monoisotopic (exact) mass is 398 g/mol. The zero-order valence-electron chi connectivity index (χ0n) is 15.2. The van der Waals surface area contributed by atoms with E-state index in [0.29, 0.717) is 22.8 Å². The third-order valence-electron chi connectivity index (χ3n) is 4.03. The number of amides is 2. The second kappa shape index (κ2) is 8.71. The predicted octanol–water partition coefficient (Wildman–Crippen LogP) is 4.62. The SMILES string of the molecule is CCCOc1ccccc1/C=C1\SC(=O)N(Cc2ccc([N+](=O)[O-])cc2)C1=O. The van der Waals surface area contributed by atoms with Crippen LogP contribution in [-0.4, -0.2) is 27.6 Å². The minimum atomic E-state index is -0.495. The van der Waals surface area contributed by atoms with Gasteiger partial charge < -0.3 is 4.74 Å². The van der Waals surface area contributed by atoms with E-state index in [2.05, 4.69) is 0 Å². The van der Waals surface area contributed by atoms with Crippen LogP contribution in [0.3, 0.4) is 0 Å². The number of carbonyl (C=O) groups is 2. The fourth-order valence-corrected chi connectivity index (χ4v) is 3.46. The van der Waals surface area contributed by atoms with Crippen LogP contribution in [0.2, 0.25) is 0 Å². The van der Waals surface area contributed by atoms with Crippen molar-refractivity contribution in [1.29, 1.82) is 0 Å². The number of carbonyl (C=O) groups excluding carboxylic acids is 2. The number of rotatable bonds is 7. The summed E-state index contributed by atoms with van der Waals surface area (Å²) in [6.07, 6.45) is 2.52. The van der Waals surface area contributed by atoms with E-state index in [-0.39, 0.29) is 17.5 Å². The van der Waals surface area contributed by atoms with Gasteiger partial charge >= 0.3 is 0 Å². The van der Waals surface area contributed by atoms with Gasteiger partial charge in [0.2, 0.25) is 0 Å². The average Bonchev–Trinajstić information content (AvgIpc) is 2.95. The van der Waals surface area contributed by atoms with E-state index < -0.39 is 10.8 Å². The molecule has 2 aromatic carbocycles. The Labute approximate surface area is 166 Å². The van der Waals surface area contributed by atoms with E-state index in [0.717, 1.165) is 28.6 Å². The lowest BCUT2D eigenvalue weighted by Gasteiger charge is -2.12. The summed E-state index contributed by atoms with van der Waals surface area (Å²) < 4.78 is 5.69. The van der Waals surface area contributed by atoms with Crippen LogP contribution in [-0.2, 0) is 11.3 Å². The first-order valence-electron chi connectivity index (χ1n) is 8.70. The molecule has 1 saturated heterocycles. The summed E-state index contributed by atoms with van der Waals surface area (Å²) in [7, 11) is 0. The van der Waals surface area contributed by atoms with Crippen molar-refractivity contribution in [3.05, 3.63) is 74.7 Å². The summed E-state index contributed by atoms with van der Waals surface area (Å²) >= 11 is 0.871. The fourth-order valence-electron chi connectivity index (χ4n) is 2.63. The Balaban J connectivity index is 1.78. The number of benzene rings is 2. The van der Waals surface area contributed by atoms with Gasteiger partial charge in [0.05, 0.1) is 23.0 Å². The number of hydrogen-bond acceptors (Lipinski definition) is 6. The molecule has 0 unspecified atom stereocenters. The third-order valence-corrected chi connectivity index (χ3v) is 4.94. The molecule has 2 amide bonds.